The highest BCUT2D eigenvalue weighted by molar-refractivity contribution is 6.60. The van der Waals surface area contributed by atoms with Gasteiger partial charge in [-0.25, -0.2) is 0 Å². The highest BCUT2D eigenvalue weighted by atomic mass is 28.4. The van der Waals surface area contributed by atoms with Crippen molar-refractivity contribution in [3.05, 3.63) is 0 Å². The summed E-state index contributed by atoms with van der Waals surface area (Å²) >= 11 is 0. The van der Waals surface area contributed by atoms with E-state index in [2.05, 4.69) is 6.92 Å². The smallest absolute Gasteiger partial charge is 0.357 e. The Morgan fingerprint density at radius 1 is 0.632 bits per heavy atom. The lowest BCUT2D eigenvalue weighted by atomic mass is 10.6. The standard InChI is InChI=1S/C12H28O6Si/c1-5-9-19(16-10-13-6-2,17-11-14-7-3)18-12-15-8-4/h5-12H2,1-4H3. The average Bonchev–Trinajstić information content (AvgIpc) is 2.40. The lowest BCUT2D eigenvalue weighted by Gasteiger charge is -2.28. The molecule has 0 atom stereocenters. The van der Waals surface area contributed by atoms with Crippen molar-refractivity contribution in [2.45, 2.75) is 40.2 Å². The number of hydrogen-bond acceptors (Lipinski definition) is 6. The van der Waals surface area contributed by atoms with E-state index in [-0.39, 0.29) is 20.4 Å². The summed E-state index contributed by atoms with van der Waals surface area (Å²) in [5.74, 6) is 0. The fraction of sp³-hybridized carbons (Fsp3) is 1.00. The summed E-state index contributed by atoms with van der Waals surface area (Å²) < 4.78 is 32.8. The minimum Gasteiger partial charge on any atom is -0.357 e. The van der Waals surface area contributed by atoms with E-state index in [1.165, 1.54) is 0 Å². The van der Waals surface area contributed by atoms with E-state index in [0.717, 1.165) is 6.42 Å². The van der Waals surface area contributed by atoms with E-state index >= 15 is 0 Å². The molecule has 0 aliphatic heterocycles. The monoisotopic (exact) mass is 296 g/mol. The van der Waals surface area contributed by atoms with Crippen LogP contribution in [0.15, 0.2) is 0 Å². The van der Waals surface area contributed by atoms with Crippen LogP contribution in [0.1, 0.15) is 34.1 Å². The largest absolute Gasteiger partial charge is 0.506 e. The molecule has 0 fully saturated rings. The van der Waals surface area contributed by atoms with Gasteiger partial charge in [-0.05, 0) is 20.8 Å². The van der Waals surface area contributed by atoms with Crippen LogP contribution >= 0.6 is 0 Å². The summed E-state index contributed by atoms with van der Waals surface area (Å²) in [7, 11) is -2.78. The van der Waals surface area contributed by atoms with Gasteiger partial charge >= 0.3 is 8.80 Å². The first-order chi connectivity index (χ1) is 9.24. The molecule has 19 heavy (non-hydrogen) atoms. The topological polar surface area (TPSA) is 55.4 Å². The van der Waals surface area contributed by atoms with Crippen LogP contribution in [0.2, 0.25) is 6.04 Å². The summed E-state index contributed by atoms with van der Waals surface area (Å²) in [6, 6.07) is 0.709. The van der Waals surface area contributed by atoms with Crippen LogP contribution in [-0.4, -0.2) is 49.0 Å². The van der Waals surface area contributed by atoms with Crippen molar-refractivity contribution >= 4 is 8.80 Å². The third-order valence-electron chi connectivity index (χ3n) is 2.26. The third-order valence-corrected chi connectivity index (χ3v) is 5.04. The normalized spacial score (nSPS) is 12.0. The molecule has 0 aromatic carbocycles. The lowest BCUT2D eigenvalue weighted by molar-refractivity contribution is -0.100. The van der Waals surface area contributed by atoms with Gasteiger partial charge in [-0.1, -0.05) is 13.3 Å². The molecule has 0 amide bonds. The van der Waals surface area contributed by atoms with Crippen molar-refractivity contribution in [1.82, 2.24) is 0 Å². The van der Waals surface area contributed by atoms with Gasteiger partial charge in [0.15, 0.2) is 0 Å². The summed E-state index contributed by atoms with van der Waals surface area (Å²) in [6.07, 6.45) is 0.899. The summed E-state index contributed by atoms with van der Waals surface area (Å²) in [5, 5.41) is 0. The zero-order chi connectivity index (χ0) is 14.4. The molecule has 0 aliphatic carbocycles. The van der Waals surface area contributed by atoms with E-state index in [0.29, 0.717) is 25.9 Å². The van der Waals surface area contributed by atoms with Crippen molar-refractivity contribution in [2.24, 2.45) is 0 Å². The summed E-state index contributed by atoms with van der Waals surface area (Å²) in [6.45, 7) is 10.1. The Kier molecular flexibility index (Phi) is 13.0. The second-order valence-corrected chi connectivity index (χ2v) is 6.43. The molecule has 0 aromatic rings. The zero-order valence-electron chi connectivity index (χ0n) is 12.6. The molecule has 0 unspecified atom stereocenters. The molecule has 116 valence electrons. The maximum absolute atomic E-state index is 5.72. The Labute approximate surface area is 117 Å². The zero-order valence-corrected chi connectivity index (χ0v) is 13.6. The van der Waals surface area contributed by atoms with Gasteiger partial charge in [0.2, 0.25) is 0 Å². The van der Waals surface area contributed by atoms with Crippen LogP contribution in [0.5, 0.6) is 0 Å². The van der Waals surface area contributed by atoms with Gasteiger partial charge in [0.05, 0.1) is 0 Å². The molecular formula is C12H28O6Si. The Balaban J connectivity index is 4.37. The maximum atomic E-state index is 5.72. The predicted molar refractivity (Wildman–Crippen MR) is 73.6 cm³/mol. The molecule has 7 heteroatoms. The average molecular weight is 296 g/mol. The van der Waals surface area contributed by atoms with Crippen LogP contribution in [0.25, 0.3) is 0 Å². The van der Waals surface area contributed by atoms with Crippen molar-refractivity contribution < 1.29 is 27.5 Å². The Morgan fingerprint density at radius 3 is 1.26 bits per heavy atom. The Morgan fingerprint density at radius 2 is 1.00 bits per heavy atom. The van der Waals surface area contributed by atoms with Crippen LogP contribution in [0.3, 0.4) is 0 Å². The fourth-order valence-electron chi connectivity index (χ4n) is 1.29. The molecular weight excluding hydrogens is 268 g/mol. The van der Waals surface area contributed by atoms with Crippen LogP contribution in [0.4, 0.5) is 0 Å². The van der Waals surface area contributed by atoms with Gasteiger partial charge in [0.25, 0.3) is 0 Å². The van der Waals surface area contributed by atoms with Crippen LogP contribution < -0.4 is 0 Å². The van der Waals surface area contributed by atoms with E-state index < -0.39 is 8.80 Å². The molecule has 0 saturated carbocycles. The minimum atomic E-state index is -2.78. The third kappa shape index (κ3) is 9.50. The molecule has 0 N–H and O–H groups in total. The number of hydrogen-bond donors (Lipinski definition) is 0. The van der Waals surface area contributed by atoms with Gasteiger partial charge in [-0.2, -0.15) is 0 Å². The predicted octanol–water partition coefficient (Wildman–Crippen LogP) is 2.37. The van der Waals surface area contributed by atoms with Gasteiger partial charge in [-0.3, -0.25) is 0 Å². The fourth-order valence-corrected chi connectivity index (χ4v) is 3.38. The summed E-state index contributed by atoms with van der Waals surface area (Å²) in [5.41, 5.74) is 0. The van der Waals surface area contributed by atoms with Crippen molar-refractivity contribution in [2.75, 3.05) is 40.2 Å². The highest BCUT2D eigenvalue weighted by Gasteiger charge is 2.41. The molecule has 0 aromatic heterocycles. The van der Waals surface area contributed by atoms with Crippen molar-refractivity contribution in [3.63, 3.8) is 0 Å². The van der Waals surface area contributed by atoms with Gasteiger partial charge < -0.3 is 27.5 Å². The van der Waals surface area contributed by atoms with E-state index in [9.17, 15) is 0 Å². The molecule has 0 bridgehead atoms. The molecule has 0 saturated heterocycles. The van der Waals surface area contributed by atoms with Crippen molar-refractivity contribution in [1.29, 1.82) is 0 Å². The molecule has 0 heterocycles. The molecule has 0 rings (SSSR count). The Hall–Kier alpha value is -0.0231. The lowest BCUT2D eigenvalue weighted by Crippen LogP contribution is -2.47. The van der Waals surface area contributed by atoms with Crippen molar-refractivity contribution in [3.8, 4) is 0 Å². The van der Waals surface area contributed by atoms with Crippen LogP contribution in [-0.2, 0) is 27.5 Å². The van der Waals surface area contributed by atoms with Gasteiger partial charge in [-0.15, -0.1) is 0 Å². The first kappa shape index (κ1) is 19.0. The first-order valence-corrected chi connectivity index (χ1v) is 8.82. The maximum Gasteiger partial charge on any atom is 0.506 e. The van der Waals surface area contributed by atoms with E-state index in [1.807, 2.05) is 20.8 Å². The molecule has 0 spiro atoms. The second-order valence-electron chi connectivity index (χ2n) is 3.70. The first-order valence-electron chi connectivity index (χ1n) is 6.89. The Bertz CT molecular complexity index is 167. The van der Waals surface area contributed by atoms with Crippen LogP contribution in [0, 0.1) is 0 Å². The number of rotatable bonds is 14. The second kappa shape index (κ2) is 13.0. The van der Waals surface area contributed by atoms with E-state index in [1.54, 1.807) is 0 Å². The summed E-state index contributed by atoms with van der Waals surface area (Å²) in [4.78, 5) is 0. The molecule has 0 aliphatic rings. The SMILES string of the molecule is CCC[Si](OCOCC)(OCOCC)OCOCC. The highest BCUT2D eigenvalue weighted by Crippen LogP contribution is 2.18. The van der Waals surface area contributed by atoms with Gasteiger partial charge in [0.1, 0.15) is 20.4 Å². The molecule has 0 radical (unpaired) electrons. The van der Waals surface area contributed by atoms with Gasteiger partial charge in [0, 0.05) is 25.9 Å². The van der Waals surface area contributed by atoms with E-state index in [4.69, 9.17) is 27.5 Å². The number of ether oxygens (including phenoxy) is 3. The minimum absolute atomic E-state index is 0.168. The quantitative estimate of drug-likeness (QED) is 0.279. The molecule has 6 nitrogen and oxygen atoms in total.